The minimum Gasteiger partial charge on any atom is -0.382 e. The first-order chi connectivity index (χ1) is 8.75. The van der Waals surface area contributed by atoms with Crippen molar-refractivity contribution in [3.63, 3.8) is 0 Å². The van der Waals surface area contributed by atoms with Crippen LogP contribution in [0.5, 0.6) is 0 Å². The zero-order valence-corrected chi connectivity index (χ0v) is 10.9. The molecular formula is C11H15N5O3. The van der Waals surface area contributed by atoms with Crippen LogP contribution >= 0.6 is 0 Å². The van der Waals surface area contributed by atoms with Gasteiger partial charge in [-0.25, -0.2) is 0 Å². The molecule has 0 spiro atoms. The molecular weight excluding hydrogens is 250 g/mol. The Morgan fingerprint density at radius 1 is 1.42 bits per heavy atom. The molecule has 0 atom stereocenters. The largest absolute Gasteiger partial charge is 0.382 e. The molecule has 1 aliphatic heterocycles. The molecule has 3 amide bonds. The maximum atomic E-state index is 12.5. The third kappa shape index (κ3) is 1.94. The summed E-state index contributed by atoms with van der Waals surface area (Å²) in [6.07, 6.45) is 0. The number of nitrogens with two attached hydrogens (primary N) is 1. The van der Waals surface area contributed by atoms with Gasteiger partial charge in [0, 0.05) is 5.69 Å². The number of carbonyl (C=O) groups excluding carboxylic acids is 3. The molecule has 0 saturated carbocycles. The van der Waals surface area contributed by atoms with E-state index in [9.17, 15) is 14.4 Å². The first kappa shape index (κ1) is 13.1. The summed E-state index contributed by atoms with van der Waals surface area (Å²) in [4.78, 5) is 36.9. The number of aromatic amines is 1. The van der Waals surface area contributed by atoms with E-state index in [0.29, 0.717) is 5.69 Å². The predicted octanol–water partition coefficient (Wildman–Crippen LogP) is -0.822. The zero-order valence-electron chi connectivity index (χ0n) is 10.9. The molecule has 1 aromatic rings. The molecule has 0 bridgehead atoms. The van der Waals surface area contributed by atoms with Crippen molar-refractivity contribution in [2.45, 2.75) is 26.3 Å². The van der Waals surface area contributed by atoms with E-state index in [-0.39, 0.29) is 17.9 Å². The molecule has 2 rings (SSSR count). The Kier molecular flexibility index (Phi) is 2.80. The Balaban J connectivity index is 2.42. The summed E-state index contributed by atoms with van der Waals surface area (Å²) in [6, 6.07) is 0. The molecule has 1 fully saturated rings. The standard InChI is InChI=1S/C11H15N5O3/c1-5-7(8(12)15-14-5)9(18)16-4-6(17)13-10(19)11(16,2)3/h4H2,1-3H3,(H3,12,14,15)(H,13,17,19). The highest BCUT2D eigenvalue weighted by molar-refractivity contribution is 6.10. The third-order valence-corrected chi connectivity index (χ3v) is 3.22. The van der Waals surface area contributed by atoms with Gasteiger partial charge in [-0.05, 0) is 20.8 Å². The number of rotatable bonds is 1. The van der Waals surface area contributed by atoms with Gasteiger partial charge in [0.1, 0.15) is 17.6 Å². The van der Waals surface area contributed by atoms with Crippen LogP contribution in [0.4, 0.5) is 5.82 Å². The van der Waals surface area contributed by atoms with Gasteiger partial charge in [0.05, 0.1) is 0 Å². The molecule has 1 aliphatic rings. The SMILES string of the molecule is Cc1[nH]nc(N)c1C(=O)N1CC(=O)NC(=O)C1(C)C. The van der Waals surface area contributed by atoms with Crippen molar-refractivity contribution in [3.05, 3.63) is 11.3 Å². The number of nitrogens with one attached hydrogen (secondary N) is 2. The number of anilines is 1. The molecule has 102 valence electrons. The van der Waals surface area contributed by atoms with Gasteiger partial charge in [0.25, 0.3) is 11.8 Å². The van der Waals surface area contributed by atoms with Crippen LogP contribution < -0.4 is 11.1 Å². The number of hydrogen-bond acceptors (Lipinski definition) is 5. The van der Waals surface area contributed by atoms with Gasteiger partial charge in [0.2, 0.25) is 5.91 Å². The Morgan fingerprint density at radius 2 is 2.05 bits per heavy atom. The summed E-state index contributed by atoms with van der Waals surface area (Å²) in [5, 5.41) is 8.54. The number of aromatic nitrogens is 2. The Hall–Kier alpha value is -2.38. The number of H-pyrrole nitrogens is 1. The fraction of sp³-hybridized carbons (Fsp3) is 0.455. The zero-order chi connectivity index (χ0) is 14.4. The van der Waals surface area contributed by atoms with Crippen LogP contribution in [0.2, 0.25) is 0 Å². The van der Waals surface area contributed by atoms with E-state index in [1.807, 2.05) is 0 Å². The topological polar surface area (TPSA) is 121 Å². The van der Waals surface area contributed by atoms with Crippen LogP contribution in [0, 0.1) is 6.92 Å². The monoisotopic (exact) mass is 265 g/mol. The lowest BCUT2D eigenvalue weighted by molar-refractivity contribution is -0.143. The summed E-state index contributed by atoms with van der Waals surface area (Å²) >= 11 is 0. The second-order valence-corrected chi connectivity index (χ2v) is 4.94. The normalized spacial score (nSPS) is 18.4. The molecule has 2 heterocycles. The van der Waals surface area contributed by atoms with Crippen LogP contribution in [-0.2, 0) is 9.59 Å². The van der Waals surface area contributed by atoms with Gasteiger partial charge < -0.3 is 10.6 Å². The van der Waals surface area contributed by atoms with Crippen molar-refractivity contribution >= 4 is 23.5 Å². The van der Waals surface area contributed by atoms with E-state index >= 15 is 0 Å². The second-order valence-electron chi connectivity index (χ2n) is 4.94. The predicted molar refractivity (Wildman–Crippen MR) is 66.0 cm³/mol. The number of amides is 3. The maximum Gasteiger partial charge on any atom is 0.260 e. The summed E-state index contributed by atoms with van der Waals surface area (Å²) < 4.78 is 0. The summed E-state index contributed by atoms with van der Waals surface area (Å²) in [7, 11) is 0. The highest BCUT2D eigenvalue weighted by Crippen LogP contribution is 2.24. The highest BCUT2D eigenvalue weighted by Gasteiger charge is 2.44. The number of imide groups is 1. The van der Waals surface area contributed by atoms with Crippen LogP contribution in [0.1, 0.15) is 29.9 Å². The average Bonchev–Trinajstić information content (AvgIpc) is 2.63. The van der Waals surface area contributed by atoms with Gasteiger partial charge in [0.15, 0.2) is 5.82 Å². The average molecular weight is 265 g/mol. The van der Waals surface area contributed by atoms with Crippen molar-refractivity contribution in [2.75, 3.05) is 12.3 Å². The Morgan fingerprint density at radius 3 is 2.58 bits per heavy atom. The molecule has 0 aromatic carbocycles. The van der Waals surface area contributed by atoms with E-state index in [1.165, 1.54) is 4.90 Å². The Bertz CT molecular complexity index is 555. The molecule has 0 radical (unpaired) electrons. The van der Waals surface area contributed by atoms with Crippen molar-refractivity contribution in [3.8, 4) is 0 Å². The molecule has 19 heavy (non-hydrogen) atoms. The van der Waals surface area contributed by atoms with Crippen molar-refractivity contribution < 1.29 is 14.4 Å². The van der Waals surface area contributed by atoms with Crippen LogP contribution in [-0.4, -0.2) is 44.9 Å². The van der Waals surface area contributed by atoms with Crippen LogP contribution in [0.15, 0.2) is 0 Å². The fourth-order valence-electron chi connectivity index (χ4n) is 1.96. The van der Waals surface area contributed by atoms with Gasteiger partial charge in [-0.2, -0.15) is 5.10 Å². The molecule has 4 N–H and O–H groups in total. The Labute approximate surface area is 109 Å². The van der Waals surface area contributed by atoms with Gasteiger partial charge >= 0.3 is 0 Å². The van der Waals surface area contributed by atoms with E-state index in [1.54, 1.807) is 20.8 Å². The lowest BCUT2D eigenvalue weighted by Gasteiger charge is -2.40. The highest BCUT2D eigenvalue weighted by atomic mass is 16.2. The van der Waals surface area contributed by atoms with Crippen molar-refractivity contribution in [2.24, 2.45) is 0 Å². The molecule has 1 saturated heterocycles. The van der Waals surface area contributed by atoms with Gasteiger partial charge in [-0.1, -0.05) is 0 Å². The molecule has 0 unspecified atom stereocenters. The van der Waals surface area contributed by atoms with Gasteiger partial charge in [-0.15, -0.1) is 0 Å². The van der Waals surface area contributed by atoms with E-state index in [0.717, 1.165) is 0 Å². The smallest absolute Gasteiger partial charge is 0.260 e. The van der Waals surface area contributed by atoms with Crippen LogP contribution in [0.25, 0.3) is 0 Å². The first-order valence-corrected chi connectivity index (χ1v) is 5.72. The maximum absolute atomic E-state index is 12.5. The van der Waals surface area contributed by atoms with E-state index < -0.39 is 23.3 Å². The first-order valence-electron chi connectivity index (χ1n) is 5.72. The number of nitrogen functional groups attached to an aromatic ring is 1. The molecule has 0 aliphatic carbocycles. The van der Waals surface area contributed by atoms with E-state index in [2.05, 4.69) is 15.5 Å². The number of aryl methyl sites for hydroxylation is 1. The minimum atomic E-state index is -1.12. The lowest BCUT2D eigenvalue weighted by atomic mass is 9.97. The fourth-order valence-corrected chi connectivity index (χ4v) is 1.96. The molecule has 8 heteroatoms. The second kappa shape index (κ2) is 4.08. The number of hydrogen-bond donors (Lipinski definition) is 3. The number of piperazine rings is 1. The third-order valence-electron chi connectivity index (χ3n) is 3.22. The van der Waals surface area contributed by atoms with E-state index in [4.69, 9.17) is 5.73 Å². The van der Waals surface area contributed by atoms with Crippen molar-refractivity contribution in [1.29, 1.82) is 0 Å². The summed E-state index contributed by atoms with van der Waals surface area (Å²) in [5.41, 5.74) is 5.19. The number of carbonyl (C=O) groups is 3. The molecule has 8 nitrogen and oxygen atoms in total. The summed E-state index contributed by atoms with van der Waals surface area (Å²) in [5.74, 6) is -1.47. The minimum absolute atomic E-state index is 0.0525. The lowest BCUT2D eigenvalue weighted by Crippen LogP contribution is -2.65. The van der Waals surface area contributed by atoms with Crippen molar-refractivity contribution in [1.82, 2.24) is 20.4 Å². The summed E-state index contributed by atoms with van der Waals surface area (Å²) in [6.45, 7) is 4.59. The molecule has 1 aromatic heterocycles. The van der Waals surface area contributed by atoms with Crippen LogP contribution in [0.3, 0.4) is 0 Å². The van der Waals surface area contributed by atoms with Gasteiger partial charge in [-0.3, -0.25) is 24.8 Å². The number of nitrogens with zero attached hydrogens (tertiary/aromatic N) is 2. The quantitative estimate of drug-likeness (QED) is 0.573.